The van der Waals surface area contributed by atoms with Gasteiger partial charge in [0.15, 0.2) is 0 Å². The summed E-state index contributed by atoms with van der Waals surface area (Å²) in [7, 11) is 1.66. The molecule has 2 rings (SSSR count). The molecule has 1 fully saturated rings. The van der Waals surface area contributed by atoms with Crippen LogP contribution in [0, 0.1) is 0 Å². The highest BCUT2D eigenvalue weighted by Crippen LogP contribution is 2.12. The van der Waals surface area contributed by atoms with E-state index in [1.165, 1.54) is 37.9 Å². The first-order valence-electron chi connectivity index (χ1n) is 8.40. The number of likely N-dealkylation sites (tertiary alicyclic amines) is 1. The molecule has 0 atom stereocenters. The lowest BCUT2D eigenvalue weighted by Crippen LogP contribution is -2.33. The van der Waals surface area contributed by atoms with Crippen molar-refractivity contribution in [3.05, 3.63) is 29.8 Å². The lowest BCUT2D eigenvalue weighted by Gasteiger charge is -2.26. The Hall–Kier alpha value is -1.55. The number of carbonyl (C=O) groups is 1. The van der Waals surface area contributed by atoms with Gasteiger partial charge < -0.3 is 15.0 Å². The fraction of sp³-hybridized carbons (Fsp3) is 0.611. The summed E-state index contributed by atoms with van der Waals surface area (Å²) in [6.07, 6.45) is 6.41. The van der Waals surface area contributed by atoms with Gasteiger partial charge in [-0.25, -0.2) is 0 Å². The van der Waals surface area contributed by atoms with E-state index in [9.17, 15) is 4.79 Å². The summed E-state index contributed by atoms with van der Waals surface area (Å²) in [6, 6.07) is 7.91. The van der Waals surface area contributed by atoms with Crippen molar-refractivity contribution in [1.29, 1.82) is 0 Å². The van der Waals surface area contributed by atoms with Gasteiger partial charge in [0.05, 0.1) is 7.11 Å². The highest BCUT2D eigenvalue weighted by atomic mass is 16.5. The molecule has 0 radical (unpaired) electrons. The third-order valence-electron chi connectivity index (χ3n) is 4.22. The van der Waals surface area contributed by atoms with E-state index in [1.807, 2.05) is 24.3 Å². The second-order valence-electron chi connectivity index (χ2n) is 5.95. The topological polar surface area (TPSA) is 41.6 Å². The van der Waals surface area contributed by atoms with Gasteiger partial charge in [-0.3, -0.25) is 4.79 Å². The van der Waals surface area contributed by atoms with E-state index in [-0.39, 0.29) is 5.91 Å². The Morgan fingerprint density at radius 3 is 2.59 bits per heavy atom. The smallest absolute Gasteiger partial charge is 0.220 e. The van der Waals surface area contributed by atoms with Crippen LogP contribution in [0.2, 0.25) is 0 Å². The van der Waals surface area contributed by atoms with Crippen LogP contribution in [0.25, 0.3) is 0 Å². The van der Waals surface area contributed by atoms with E-state index < -0.39 is 0 Å². The molecule has 1 N–H and O–H groups in total. The van der Waals surface area contributed by atoms with E-state index >= 15 is 0 Å². The Labute approximate surface area is 133 Å². The molecule has 1 aliphatic heterocycles. The lowest BCUT2D eigenvalue weighted by molar-refractivity contribution is -0.121. The SMILES string of the molecule is COc1ccc(CCC(=O)NCCCN2CCCCC2)cc1. The highest BCUT2D eigenvalue weighted by Gasteiger charge is 2.09. The van der Waals surface area contributed by atoms with Crippen molar-refractivity contribution in [3.8, 4) is 5.75 Å². The highest BCUT2D eigenvalue weighted by molar-refractivity contribution is 5.76. The molecular weight excluding hydrogens is 276 g/mol. The number of nitrogens with zero attached hydrogens (tertiary/aromatic N) is 1. The minimum Gasteiger partial charge on any atom is -0.497 e. The van der Waals surface area contributed by atoms with Crippen molar-refractivity contribution in [2.45, 2.75) is 38.5 Å². The molecule has 4 nitrogen and oxygen atoms in total. The summed E-state index contributed by atoms with van der Waals surface area (Å²) in [4.78, 5) is 14.3. The summed E-state index contributed by atoms with van der Waals surface area (Å²) in [6.45, 7) is 4.35. The van der Waals surface area contributed by atoms with Crippen LogP contribution in [0.4, 0.5) is 0 Å². The van der Waals surface area contributed by atoms with Crippen LogP contribution in [-0.4, -0.2) is 44.1 Å². The van der Waals surface area contributed by atoms with E-state index in [4.69, 9.17) is 4.74 Å². The summed E-state index contributed by atoms with van der Waals surface area (Å²) >= 11 is 0. The number of amides is 1. The fourth-order valence-electron chi connectivity index (χ4n) is 2.85. The number of hydrogen-bond donors (Lipinski definition) is 1. The molecule has 0 spiro atoms. The molecule has 4 heteroatoms. The zero-order chi connectivity index (χ0) is 15.6. The Kier molecular flexibility index (Phi) is 7.23. The molecule has 1 aliphatic rings. The molecule has 122 valence electrons. The van der Waals surface area contributed by atoms with Crippen LogP contribution in [0.5, 0.6) is 5.75 Å². The van der Waals surface area contributed by atoms with E-state index in [1.54, 1.807) is 7.11 Å². The number of rotatable bonds is 8. The molecule has 1 saturated heterocycles. The van der Waals surface area contributed by atoms with Gasteiger partial charge in [-0.05, 0) is 63.0 Å². The second kappa shape index (κ2) is 9.46. The maximum atomic E-state index is 11.8. The largest absolute Gasteiger partial charge is 0.497 e. The predicted octanol–water partition coefficient (Wildman–Crippen LogP) is 2.62. The first-order chi connectivity index (χ1) is 10.8. The molecule has 0 unspecified atom stereocenters. The Bertz CT molecular complexity index is 439. The van der Waals surface area contributed by atoms with Gasteiger partial charge in [0.1, 0.15) is 5.75 Å². The van der Waals surface area contributed by atoms with Crippen molar-refractivity contribution in [2.24, 2.45) is 0 Å². The summed E-state index contributed by atoms with van der Waals surface area (Å²) in [5.74, 6) is 1.00. The number of hydrogen-bond acceptors (Lipinski definition) is 3. The number of nitrogens with one attached hydrogen (secondary N) is 1. The molecule has 0 aliphatic carbocycles. The van der Waals surface area contributed by atoms with Gasteiger partial charge in [0.2, 0.25) is 5.91 Å². The average Bonchev–Trinajstić information content (AvgIpc) is 2.58. The second-order valence-corrected chi connectivity index (χ2v) is 5.95. The molecule has 0 aromatic heterocycles. The fourth-order valence-corrected chi connectivity index (χ4v) is 2.85. The Morgan fingerprint density at radius 1 is 1.18 bits per heavy atom. The van der Waals surface area contributed by atoms with Crippen molar-refractivity contribution in [1.82, 2.24) is 10.2 Å². The molecule has 1 amide bonds. The first kappa shape index (κ1) is 16.8. The Balaban J connectivity index is 1.55. The molecular formula is C18H28N2O2. The van der Waals surface area contributed by atoms with Crippen LogP contribution < -0.4 is 10.1 Å². The zero-order valence-electron chi connectivity index (χ0n) is 13.6. The monoisotopic (exact) mass is 304 g/mol. The average molecular weight is 304 g/mol. The number of benzene rings is 1. The van der Waals surface area contributed by atoms with E-state index in [2.05, 4.69) is 10.2 Å². The molecule has 1 aromatic rings. The van der Waals surface area contributed by atoms with Gasteiger partial charge in [0.25, 0.3) is 0 Å². The van der Waals surface area contributed by atoms with Crippen LogP contribution >= 0.6 is 0 Å². The van der Waals surface area contributed by atoms with E-state index in [0.717, 1.165) is 31.7 Å². The minimum absolute atomic E-state index is 0.148. The number of methoxy groups -OCH3 is 1. The normalized spacial score (nSPS) is 15.5. The molecule has 1 aromatic carbocycles. The maximum Gasteiger partial charge on any atom is 0.220 e. The summed E-state index contributed by atoms with van der Waals surface area (Å²) in [5, 5.41) is 3.02. The molecule has 22 heavy (non-hydrogen) atoms. The van der Waals surface area contributed by atoms with Crippen LogP contribution in [0.3, 0.4) is 0 Å². The number of piperidine rings is 1. The van der Waals surface area contributed by atoms with Crippen molar-refractivity contribution in [2.75, 3.05) is 33.3 Å². The number of aryl methyl sites for hydroxylation is 1. The predicted molar refractivity (Wildman–Crippen MR) is 89.2 cm³/mol. The molecule has 0 bridgehead atoms. The quantitative estimate of drug-likeness (QED) is 0.751. The van der Waals surface area contributed by atoms with Gasteiger partial charge in [-0.2, -0.15) is 0 Å². The van der Waals surface area contributed by atoms with Crippen molar-refractivity contribution >= 4 is 5.91 Å². The van der Waals surface area contributed by atoms with Crippen molar-refractivity contribution in [3.63, 3.8) is 0 Å². The standard InChI is InChI=1S/C18H28N2O2/c1-22-17-9-6-16(7-10-17)8-11-18(21)19-12-5-15-20-13-3-2-4-14-20/h6-7,9-10H,2-5,8,11-15H2,1H3,(H,19,21). The number of carbonyl (C=O) groups excluding carboxylic acids is 1. The summed E-state index contributed by atoms with van der Waals surface area (Å²) < 4.78 is 5.13. The molecule has 0 saturated carbocycles. The van der Waals surface area contributed by atoms with E-state index in [0.29, 0.717) is 6.42 Å². The first-order valence-corrected chi connectivity index (χ1v) is 8.40. The van der Waals surface area contributed by atoms with Gasteiger partial charge in [-0.1, -0.05) is 18.6 Å². The van der Waals surface area contributed by atoms with Crippen LogP contribution in [-0.2, 0) is 11.2 Å². The lowest BCUT2D eigenvalue weighted by atomic mass is 10.1. The third kappa shape index (κ3) is 6.06. The Morgan fingerprint density at radius 2 is 1.91 bits per heavy atom. The number of ether oxygens (including phenoxy) is 1. The van der Waals surface area contributed by atoms with Crippen LogP contribution in [0.15, 0.2) is 24.3 Å². The van der Waals surface area contributed by atoms with Gasteiger partial charge in [0, 0.05) is 13.0 Å². The van der Waals surface area contributed by atoms with Gasteiger partial charge in [-0.15, -0.1) is 0 Å². The molecule has 1 heterocycles. The van der Waals surface area contributed by atoms with Gasteiger partial charge >= 0.3 is 0 Å². The zero-order valence-corrected chi connectivity index (χ0v) is 13.6. The summed E-state index contributed by atoms with van der Waals surface area (Å²) in [5.41, 5.74) is 1.17. The van der Waals surface area contributed by atoms with Crippen molar-refractivity contribution < 1.29 is 9.53 Å². The minimum atomic E-state index is 0.148. The van der Waals surface area contributed by atoms with Crippen LogP contribution in [0.1, 0.15) is 37.7 Å². The third-order valence-corrected chi connectivity index (χ3v) is 4.22. The maximum absolute atomic E-state index is 11.8.